The zero-order chi connectivity index (χ0) is 13.4. The largest absolute Gasteiger partial charge is 0.356 e. The summed E-state index contributed by atoms with van der Waals surface area (Å²) < 4.78 is 0. The molecule has 4 nitrogen and oxygen atoms in total. The summed E-state index contributed by atoms with van der Waals surface area (Å²) in [5.41, 5.74) is -0.0991. The van der Waals surface area contributed by atoms with Gasteiger partial charge < -0.3 is 15.5 Å². The maximum Gasteiger partial charge on any atom is 0.226 e. The van der Waals surface area contributed by atoms with E-state index >= 15 is 0 Å². The first kappa shape index (κ1) is 15.4. The summed E-state index contributed by atoms with van der Waals surface area (Å²) in [5.74, 6) is 0.282. The molecule has 0 unspecified atom stereocenters. The summed E-state index contributed by atoms with van der Waals surface area (Å²) in [4.78, 5) is 14.6. The maximum absolute atomic E-state index is 12.4. The van der Waals surface area contributed by atoms with Crippen molar-refractivity contribution in [3.05, 3.63) is 0 Å². The summed E-state index contributed by atoms with van der Waals surface area (Å²) >= 11 is 0. The van der Waals surface area contributed by atoms with Crippen LogP contribution >= 0.6 is 0 Å². The lowest BCUT2D eigenvalue weighted by Gasteiger charge is -2.36. The number of carbonyl (C=O) groups is 1. The molecule has 1 rings (SSSR count). The van der Waals surface area contributed by atoms with Crippen LogP contribution in [0.4, 0.5) is 0 Å². The standard InChI is InChI=1S/C14H29N3O/c1-4-6-14(7-10-15-11-8-14)13(18)16-9-5-12-17(2)3/h15H,4-12H2,1-3H3,(H,16,18). The van der Waals surface area contributed by atoms with Crippen molar-refractivity contribution >= 4 is 5.91 Å². The summed E-state index contributed by atoms with van der Waals surface area (Å²) in [6.07, 6.45) is 5.11. The summed E-state index contributed by atoms with van der Waals surface area (Å²) in [6, 6.07) is 0. The van der Waals surface area contributed by atoms with E-state index in [0.717, 1.165) is 58.3 Å². The molecular formula is C14H29N3O. The van der Waals surface area contributed by atoms with Gasteiger partial charge in [-0.05, 0) is 59.4 Å². The van der Waals surface area contributed by atoms with Crippen LogP contribution in [0.2, 0.25) is 0 Å². The van der Waals surface area contributed by atoms with Crippen LogP contribution in [0.5, 0.6) is 0 Å². The highest BCUT2D eigenvalue weighted by atomic mass is 16.2. The minimum atomic E-state index is -0.0991. The molecule has 2 N–H and O–H groups in total. The molecule has 1 amide bonds. The predicted octanol–water partition coefficient (Wildman–Crippen LogP) is 1.22. The van der Waals surface area contributed by atoms with Gasteiger partial charge in [-0.1, -0.05) is 13.3 Å². The van der Waals surface area contributed by atoms with E-state index in [1.165, 1.54) is 0 Å². The van der Waals surface area contributed by atoms with E-state index < -0.39 is 0 Å². The highest BCUT2D eigenvalue weighted by molar-refractivity contribution is 5.82. The maximum atomic E-state index is 12.4. The first-order chi connectivity index (χ1) is 8.60. The van der Waals surface area contributed by atoms with E-state index in [0.29, 0.717) is 0 Å². The molecule has 1 aliphatic heterocycles. The Balaban J connectivity index is 2.39. The average Bonchev–Trinajstić information content (AvgIpc) is 2.35. The van der Waals surface area contributed by atoms with E-state index in [-0.39, 0.29) is 11.3 Å². The minimum Gasteiger partial charge on any atom is -0.356 e. The molecule has 0 aromatic rings. The topological polar surface area (TPSA) is 44.4 Å². The molecular weight excluding hydrogens is 226 g/mol. The second-order valence-corrected chi connectivity index (χ2v) is 5.69. The van der Waals surface area contributed by atoms with Crippen LogP contribution in [0.3, 0.4) is 0 Å². The van der Waals surface area contributed by atoms with Gasteiger partial charge >= 0.3 is 0 Å². The molecule has 0 atom stereocenters. The normalized spacial score (nSPS) is 18.9. The molecule has 0 bridgehead atoms. The first-order valence-electron chi connectivity index (χ1n) is 7.24. The van der Waals surface area contributed by atoms with Crippen LogP contribution in [-0.4, -0.2) is 51.1 Å². The number of rotatable bonds is 7. The fourth-order valence-corrected chi connectivity index (χ4v) is 2.76. The van der Waals surface area contributed by atoms with Crippen LogP contribution < -0.4 is 10.6 Å². The molecule has 0 aliphatic carbocycles. The van der Waals surface area contributed by atoms with Gasteiger partial charge in [0.1, 0.15) is 0 Å². The highest BCUT2D eigenvalue weighted by Gasteiger charge is 2.38. The Kier molecular flexibility index (Phi) is 6.65. The minimum absolute atomic E-state index is 0.0991. The quantitative estimate of drug-likeness (QED) is 0.672. The summed E-state index contributed by atoms with van der Waals surface area (Å²) in [7, 11) is 4.13. The molecule has 0 saturated carbocycles. The van der Waals surface area contributed by atoms with Gasteiger partial charge in [0.15, 0.2) is 0 Å². The molecule has 0 aromatic carbocycles. The Labute approximate surface area is 111 Å². The van der Waals surface area contributed by atoms with Gasteiger partial charge in [-0.3, -0.25) is 4.79 Å². The van der Waals surface area contributed by atoms with Gasteiger partial charge in [-0.15, -0.1) is 0 Å². The molecule has 4 heteroatoms. The molecule has 0 spiro atoms. The SMILES string of the molecule is CCCC1(C(=O)NCCCN(C)C)CCNCC1. The smallest absolute Gasteiger partial charge is 0.226 e. The number of amides is 1. The van der Waals surface area contributed by atoms with Crippen LogP contribution in [0.25, 0.3) is 0 Å². The van der Waals surface area contributed by atoms with E-state index in [2.05, 4.69) is 36.6 Å². The van der Waals surface area contributed by atoms with Crippen molar-refractivity contribution in [3.8, 4) is 0 Å². The second kappa shape index (κ2) is 7.74. The van der Waals surface area contributed by atoms with Gasteiger partial charge in [-0.2, -0.15) is 0 Å². The molecule has 1 aliphatic rings. The number of hydrogen-bond acceptors (Lipinski definition) is 3. The van der Waals surface area contributed by atoms with Crippen molar-refractivity contribution in [2.24, 2.45) is 5.41 Å². The van der Waals surface area contributed by atoms with E-state index in [1.54, 1.807) is 0 Å². The van der Waals surface area contributed by atoms with Gasteiger partial charge in [0, 0.05) is 6.54 Å². The lowest BCUT2D eigenvalue weighted by molar-refractivity contribution is -0.133. The van der Waals surface area contributed by atoms with Crippen molar-refractivity contribution in [1.29, 1.82) is 0 Å². The molecule has 1 saturated heterocycles. The monoisotopic (exact) mass is 255 g/mol. The van der Waals surface area contributed by atoms with Crippen LogP contribution in [0.15, 0.2) is 0 Å². The van der Waals surface area contributed by atoms with Gasteiger partial charge in [0.05, 0.1) is 5.41 Å². The molecule has 1 heterocycles. The number of nitrogens with one attached hydrogen (secondary N) is 2. The van der Waals surface area contributed by atoms with Gasteiger partial charge in [0.25, 0.3) is 0 Å². The zero-order valence-corrected chi connectivity index (χ0v) is 12.2. The average molecular weight is 255 g/mol. The van der Waals surface area contributed by atoms with Crippen molar-refractivity contribution < 1.29 is 4.79 Å². The number of hydrogen-bond donors (Lipinski definition) is 2. The van der Waals surface area contributed by atoms with Gasteiger partial charge in [0.2, 0.25) is 5.91 Å². The third-order valence-corrected chi connectivity index (χ3v) is 3.84. The summed E-state index contributed by atoms with van der Waals surface area (Å²) in [5, 5.41) is 6.49. The third-order valence-electron chi connectivity index (χ3n) is 3.84. The highest BCUT2D eigenvalue weighted by Crippen LogP contribution is 2.34. The van der Waals surface area contributed by atoms with Crippen molar-refractivity contribution in [2.45, 2.75) is 39.0 Å². The second-order valence-electron chi connectivity index (χ2n) is 5.69. The Morgan fingerprint density at radius 2 is 2.00 bits per heavy atom. The van der Waals surface area contributed by atoms with Gasteiger partial charge in [-0.25, -0.2) is 0 Å². The fraction of sp³-hybridized carbons (Fsp3) is 0.929. The van der Waals surface area contributed by atoms with Crippen molar-refractivity contribution in [3.63, 3.8) is 0 Å². The first-order valence-corrected chi connectivity index (χ1v) is 7.24. The number of nitrogens with zero attached hydrogens (tertiary/aromatic N) is 1. The Morgan fingerprint density at radius 3 is 2.56 bits per heavy atom. The van der Waals surface area contributed by atoms with Crippen LogP contribution in [0, 0.1) is 5.41 Å². The molecule has 0 radical (unpaired) electrons. The van der Waals surface area contributed by atoms with Crippen LogP contribution in [-0.2, 0) is 4.79 Å². The van der Waals surface area contributed by atoms with E-state index in [4.69, 9.17) is 0 Å². The van der Waals surface area contributed by atoms with Crippen LogP contribution in [0.1, 0.15) is 39.0 Å². The zero-order valence-electron chi connectivity index (χ0n) is 12.2. The summed E-state index contributed by atoms with van der Waals surface area (Å²) in [6.45, 7) is 5.96. The predicted molar refractivity (Wildman–Crippen MR) is 75.6 cm³/mol. The number of carbonyl (C=O) groups excluding carboxylic acids is 1. The third kappa shape index (κ3) is 4.58. The Morgan fingerprint density at radius 1 is 1.33 bits per heavy atom. The molecule has 106 valence electrons. The fourth-order valence-electron chi connectivity index (χ4n) is 2.76. The lowest BCUT2D eigenvalue weighted by atomic mass is 9.74. The van der Waals surface area contributed by atoms with Crippen molar-refractivity contribution in [2.75, 3.05) is 40.3 Å². The lowest BCUT2D eigenvalue weighted by Crippen LogP contribution is -2.48. The Hall–Kier alpha value is -0.610. The van der Waals surface area contributed by atoms with E-state index in [9.17, 15) is 4.79 Å². The van der Waals surface area contributed by atoms with E-state index in [1.807, 2.05) is 0 Å². The molecule has 18 heavy (non-hydrogen) atoms. The molecule has 1 fully saturated rings. The molecule has 0 aromatic heterocycles. The number of piperidine rings is 1. The Bertz CT molecular complexity index is 242. The van der Waals surface area contributed by atoms with Crippen molar-refractivity contribution in [1.82, 2.24) is 15.5 Å².